The van der Waals surface area contributed by atoms with Gasteiger partial charge in [0.1, 0.15) is 12.4 Å². The van der Waals surface area contributed by atoms with Crippen molar-refractivity contribution in [1.29, 1.82) is 0 Å². The van der Waals surface area contributed by atoms with Crippen LogP contribution in [0.4, 0.5) is 5.69 Å². The Labute approximate surface area is 159 Å². The zero-order valence-electron chi connectivity index (χ0n) is 14.7. The molecule has 5 heteroatoms. The first-order valence-corrected chi connectivity index (χ1v) is 9.58. The van der Waals surface area contributed by atoms with Crippen molar-refractivity contribution in [3.05, 3.63) is 59.1 Å². The van der Waals surface area contributed by atoms with Gasteiger partial charge in [0.15, 0.2) is 0 Å². The maximum absolute atomic E-state index is 13.2. The van der Waals surface area contributed by atoms with Crippen LogP contribution in [0.25, 0.3) is 0 Å². The summed E-state index contributed by atoms with van der Waals surface area (Å²) in [5.41, 5.74) is 2.14. The van der Waals surface area contributed by atoms with Crippen LogP contribution in [0.15, 0.2) is 48.5 Å². The number of ether oxygens (including phenoxy) is 1. The molecule has 26 heavy (non-hydrogen) atoms. The SMILES string of the molecule is O=C([C@H]1CCCN(Cc2ccc(Cl)cc2)C1)N1CCOc2ccccc21. The van der Waals surface area contributed by atoms with Crippen molar-refractivity contribution < 1.29 is 9.53 Å². The molecule has 4 nitrogen and oxygen atoms in total. The summed E-state index contributed by atoms with van der Waals surface area (Å²) in [6, 6.07) is 15.8. The zero-order valence-corrected chi connectivity index (χ0v) is 15.5. The minimum Gasteiger partial charge on any atom is -0.490 e. The van der Waals surface area contributed by atoms with Crippen LogP contribution in [0.1, 0.15) is 18.4 Å². The van der Waals surface area contributed by atoms with Gasteiger partial charge >= 0.3 is 0 Å². The van der Waals surface area contributed by atoms with Crippen LogP contribution in [0, 0.1) is 5.92 Å². The number of benzene rings is 2. The molecule has 2 aromatic rings. The number of anilines is 1. The standard InChI is InChI=1S/C21H23ClN2O2/c22-18-9-7-16(8-10-18)14-23-11-3-4-17(15-23)21(25)24-12-13-26-20-6-2-1-5-19(20)24/h1-2,5-10,17H,3-4,11-15H2/t17-/m0/s1. The quantitative estimate of drug-likeness (QED) is 0.819. The predicted octanol–water partition coefficient (Wildman–Crippen LogP) is 3.98. The summed E-state index contributed by atoms with van der Waals surface area (Å²) in [6.45, 7) is 3.89. The van der Waals surface area contributed by atoms with E-state index in [9.17, 15) is 4.79 Å². The smallest absolute Gasteiger partial charge is 0.231 e. The van der Waals surface area contributed by atoms with Crippen LogP contribution in [0.5, 0.6) is 5.75 Å². The van der Waals surface area contributed by atoms with Crippen molar-refractivity contribution in [3.63, 3.8) is 0 Å². The molecule has 0 bridgehead atoms. The highest BCUT2D eigenvalue weighted by molar-refractivity contribution is 6.30. The number of piperidine rings is 1. The molecule has 2 aromatic carbocycles. The fourth-order valence-electron chi connectivity index (χ4n) is 3.87. The first kappa shape index (κ1) is 17.4. The summed E-state index contributed by atoms with van der Waals surface area (Å²) in [4.78, 5) is 17.5. The van der Waals surface area contributed by atoms with E-state index in [4.69, 9.17) is 16.3 Å². The van der Waals surface area contributed by atoms with Gasteiger partial charge in [-0.05, 0) is 49.2 Å². The van der Waals surface area contributed by atoms with Gasteiger partial charge in [-0.3, -0.25) is 9.69 Å². The van der Waals surface area contributed by atoms with Gasteiger partial charge in [-0.15, -0.1) is 0 Å². The summed E-state index contributed by atoms with van der Waals surface area (Å²) in [7, 11) is 0. The molecular weight excluding hydrogens is 348 g/mol. The number of nitrogens with zero attached hydrogens (tertiary/aromatic N) is 2. The highest BCUT2D eigenvalue weighted by atomic mass is 35.5. The molecular formula is C21H23ClN2O2. The van der Waals surface area contributed by atoms with E-state index < -0.39 is 0 Å². The van der Waals surface area contributed by atoms with Crippen molar-refractivity contribution in [2.45, 2.75) is 19.4 Å². The lowest BCUT2D eigenvalue weighted by molar-refractivity contribution is -0.124. The van der Waals surface area contributed by atoms with Crippen LogP contribution in [-0.4, -0.2) is 37.0 Å². The summed E-state index contributed by atoms with van der Waals surface area (Å²) < 4.78 is 5.69. The second-order valence-electron chi connectivity index (χ2n) is 7.01. The molecule has 0 saturated carbocycles. The summed E-state index contributed by atoms with van der Waals surface area (Å²) in [5, 5.41) is 0.756. The Morgan fingerprint density at radius 3 is 2.77 bits per heavy atom. The second kappa shape index (κ2) is 7.68. The molecule has 0 aliphatic carbocycles. The van der Waals surface area contributed by atoms with Gasteiger partial charge < -0.3 is 9.64 Å². The molecule has 1 fully saturated rings. The van der Waals surface area contributed by atoms with Crippen LogP contribution >= 0.6 is 11.6 Å². The van der Waals surface area contributed by atoms with E-state index in [2.05, 4.69) is 17.0 Å². The lowest BCUT2D eigenvalue weighted by Crippen LogP contribution is -2.47. The fourth-order valence-corrected chi connectivity index (χ4v) is 3.99. The average Bonchev–Trinajstić information content (AvgIpc) is 2.69. The van der Waals surface area contributed by atoms with Crippen molar-refractivity contribution in [2.24, 2.45) is 5.92 Å². The van der Waals surface area contributed by atoms with E-state index in [0.717, 1.165) is 48.9 Å². The average molecular weight is 371 g/mol. The van der Waals surface area contributed by atoms with E-state index >= 15 is 0 Å². The Morgan fingerprint density at radius 2 is 1.92 bits per heavy atom. The van der Waals surface area contributed by atoms with Crippen molar-refractivity contribution in [1.82, 2.24) is 4.90 Å². The molecule has 2 aliphatic rings. The number of halogens is 1. The van der Waals surface area contributed by atoms with Crippen LogP contribution in [-0.2, 0) is 11.3 Å². The zero-order chi connectivity index (χ0) is 17.9. The van der Waals surface area contributed by atoms with E-state index in [-0.39, 0.29) is 11.8 Å². The number of hydrogen-bond donors (Lipinski definition) is 0. The normalized spacial score (nSPS) is 20.3. The largest absolute Gasteiger partial charge is 0.490 e. The molecule has 2 aliphatic heterocycles. The van der Waals surface area contributed by atoms with E-state index in [1.165, 1.54) is 5.56 Å². The van der Waals surface area contributed by atoms with Gasteiger partial charge in [0.25, 0.3) is 0 Å². The highest BCUT2D eigenvalue weighted by Crippen LogP contribution is 2.33. The minimum absolute atomic E-state index is 0.0437. The summed E-state index contributed by atoms with van der Waals surface area (Å²) in [6.07, 6.45) is 2.01. The molecule has 4 rings (SSSR count). The summed E-state index contributed by atoms with van der Waals surface area (Å²) >= 11 is 5.97. The molecule has 136 valence electrons. The molecule has 1 amide bonds. The molecule has 0 aromatic heterocycles. The number of para-hydroxylation sites is 2. The lowest BCUT2D eigenvalue weighted by Gasteiger charge is -2.36. The molecule has 1 atom stereocenters. The number of amides is 1. The molecule has 2 heterocycles. The number of likely N-dealkylation sites (tertiary alicyclic amines) is 1. The van der Waals surface area contributed by atoms with Gasteiger partial charge in [0.05, 0.1) is 18.2 Å². The monoisotopic (exact) mass is 370 g/mol. The van der Waals surface area contributed by atoms with Gasteiger partial charge in [-0.1, -0.05) is 35.9 Å². The van der Waals surface area contributed by atoms with Crippen LogP contribution < -0.4 is 9.64 Å². The van der Waals surface area contributed by atoms with Gasteiger partial charge in [0, 0.05) is 18.1 Å². The number of carbonyl (C=O) groups excluding carboxylic acids is 1. The minimum atomic E-state index is 0.0437. The van der Waals surface area contributed by atoms with Crippen molar-refractivity contribution in [3.8, 4) is 5.75 Å². The third kappa shape index (κ3) is 3.71. The Balaban J connectivity index is 1.44. The number of fused-ring (bicyclic) bond motifs is 1. The van der Waals surface area contributed by atoms with E-state index in [1.54, 1.807) is 0 Å². The maximum atomic E-state index is 13.2. The Kier molecular flexibility index (Phi) is 5.14. The van der Waals surface area contributed by atoms with Gasteiger partial charge in [-0.2, -0.15) is 0 Å². The first-order valence-electron chi connectivity index (χ1n) is 9.21. The Morgan fingerprint density at radius 1 is 1.12 bits per heavy atom. The van der Waals surface area contributed by atoms with Gasteiger partial charge in [-0.25, -0.2) is 0 Å². The molecule has 0 radical (unpaired) electrons. The molecule has 0 spiro atoms. The predicted molar refractivity (Wildman–Crippen MR) is 104 cm³/mol. The highest BCUT2D eigenvalue weighted by Gasteiger charge is 2.32. The molecule has 0 unspecified atom stereocenters. The van der Waals surface area contributed by atoms with Crippen molar-refractivity contribution in [2.75, 3.05) is 31.1 Å². The van der Waals surface area contributed by atoms with Crippen molar-refractivity contribution >= 4 is 23.2 Å². The molecule has 0 N–H and O–H groups in total. The maximum Gasteiger partial charge on any atom is 0.231 e. The Hall–Kier alpha value is -2.04. The lowest BCUT2D eigenvalue weighted by atomic mass is 9.95. The first-order chi connectivity index (χ1) is 12.7. The van der Waals surface area contributed by atoms with E-state index in [1.807, 2.05) is 41.3 Å². The Bertz CT molecular complexity index is 778. The number of rotatable bonds is 3. The fraction of sp³-hybridized carbons (Fsp3) is 0.381. The topological polar surface area (TPSA) is 32.8 Å². The van der Waals surface area contributed by atoms with E-state index in [0.29, 0.717) is 13.2 Å². The number of hydrogen-bond acceptors (Lipinski definition) is 3. The number of carbonyl (C=O) groups is 1. The summed E-state index contributed by atoms with van der Waals surface area (Å²) in [5.74, 6) is 1.07. The van der Waals surface area contributed by atoms with Crippen LogP contribution in [0.2, 0.25) is 5.02 Å². The third-order valence-electron chi connectivity index (χ3n) is 5.17. The van der Waals surface area contributed by atoms with Crippen LogP contribution in [0.3, 0.4) is 0 Å². The molecule has 1 saturated heterocycles. The second-order valence-corrected chi connectivity index (χ2v) is 7.44. The third-order valence-corrected chi connectivity index (χ3v) is 5.42. The van der Waals surface area contributed by atoms with Gasteiger partial charge in [0.2, 0.25) is 5.91 Å².